The Balaban J connectivity index is 0.00000420. The number of nitrogens with one attached hydrogen (secondary N) is 1. The molecule has 2 aromatic carbocycles. The molecule has 0 unspecified atom stereocenters. The maximum atomic E-state index is 14.5. The summed E-state index contributed by atoms with van der Waals surface area (Å²) in [6.45, 7) is 1.04. The molecule has 0 aliphatic carbocycles. The van der Waals surface area contributed by atoms with Crippen LogP contribution in [0.15, 0.2) is 30.3 Å². The number of hydrazine groups is 1. The number of nitrogens with zero attached hydrogens (tertiary/aromatic N) is 1. The molecule has 0 radical (unpaired) electrons. The molecule has 2 rings (SSSR count). The third-order valence-electron chi connectivity index (χ3n) is 3.76. The van der Waals surface area contributed by atoms with E-state index in [0.29, 0.717) is 12.1 Å². The van der Waals surface area contributed by atoms with E-state index in [4.69, 9.17) is 33.8 Å². The summed E-state index contributed by atoms with van der Waals surface area (Å²) in [6.07, 6.45) is -2.70. The number of alkyl halides is 2. The van der Waals surface area contributed by atoms with Crippen LogP contribution in [0.2, 0.25) is 10.0 Å². The highest BCUT2D eigenvalue weighted by Crippen LogP contribution is 2.39. The molecule has 5 nitrogen and oxygen atoms in total. The van der Waals surface area contributed by atoms with E-state index in [-0.39, 0.29) is 45.9 Å². The Morgan fingerprint density at radius 1 is 1.28 bits per heavy atom. The van der Waals surface area contributed by atoms with Gasteiger partial charge in [0.15, 0.2) is 0 Å². The van der Waals surface area contributed by atoms with Gasteiger partial charge in [-0.2, -0.15) is 0 Å². The lowest BCUT2D eigenvalue weighted by atomic mass is 10.0. The zero-order chi connectivity index (χ0) is 20.8. The van der Waals surface area contributed by atoms with Crippen molar-refractivity contribution in [1.82, 2.24) is 10.3 Å². The molecule has 3 N–H and O–H groups in total. The highest BCUT2D eigenvalue weighted by atomic mass is 35.5. The maximum absolute atomic E-state index is 14.5. The standard InChI is InChI=1S/C18H18Cl2F3N3O2.ClH/c1-2-26(24)18(27)25-8-11-4-3-10(5-15(11)21)13-6-12(19)7-14(20)17(13)28-9-16(22)23;/h3-7,16H,2,8-9,24H2,1H3,(H,25,27);1H. The summed E-state index contributed by atoms with van der Waals surface area (Å²) in [5, 5.41) is 3.70. The van der Waals surface area contributed by atoms with Gasteiger partial charge in [0.25, 0.3) is 6.43 Å². The van der Waals surface area contributed by atoms with E-state index < -0.39 is 24.9 Å². The molecule has 11 heteroatoms. The van der Waals surface area contributed by atoms with E-state index in [1.807, 2.05) is 0 Å². The van der Waals surface area contributed by atoms with E-state index in [1.54, 1.807) is 13.0 Å². The van der Waals surface area contributed by atoms with Gasteiger partial charge in [0.2, 0.25) is 0 Å². The van der Waals surface area contributed by atoms with E-state index in [9.17, 15) is 18.0 Å². The minimum absolute atomic E-state index is 0. The summed E-state index contributed by atoms with van der Waals surface area (Å²) in [5.41, 5.74) is 0.812. The summed E-state index contributed by atoms with van der Waals surface area (Å²) in [4.78, 5) is 11.7. The number of hydrogen-bond acceptors (Lipinski definition) is 3. The average Bonchev–Trinajstić information content (AvgIpc) is 2.64. The monoisotopic (exact) mass is 471 g/mol. The number of carbonyl (C=O) groups is 1. The molecule has 0 spiro atoms. The van der Waals surface area contributed by atoms with Crippen LogP contribution in [0, 0.1) is 5.82 Å². The van der Waals surface area contributed by atoms with Gasteiger partial charge in [-0.1, -0.05) is 35.3 Å². The molecule has 0 saturated heterocycles. The number of nitrogens with two attached hydrogens (primary N) is 1. The van der Waals surface area contributed by atoms with Crippen LogP contribution in [0.25, 0.3) is 11.1 Å². The number of hydrogen-bond donors (Lipinski definition) is 2. The first-order valence-corrected chi connectivity index (χ1v) is 8.97. The number of urea groups is 1. The number of benzene rings is 2. The second-order valence-corrected chi connectivity index (χ2v) is 6.56. The molecule has 0 aromatic heterocycles. The van der Waals surface area contributed by atoms with Crippen molar-refractivity contribution in [1.29, 1.82) is 0 Å². The Kier molecular flexibility index (Phi) is 9.85. The summed E-state index contributed by atoms with van der Waals surface area (Å²) in [7, 11) is 0. The summed E-state index contributed by atoms with van der Waals surface area (Å²) >= 11 is 12.0. The summed E-state index contributed by atoms with van der Waals surface area (Å²) in [5.74, 6) is 4.81. The first-order chi connectivity index (χ1) is 13.2. The quantitative estimate of drug-likeness (QED) is 0.328. The zero-order valence-corrected chi connectivity index (χ0v) is 17.6. The number of amides is 2. The van der Waals surface area contributed by atoms with Gasteiger partial charge in [-0.3, -0.25) is 5.01 Å². The Bertz CT molecular complexity index is 857. The molecule has 0 aliphatic heterocycles. The van der Waals surface area contributed by atoms with Gasteiger partial charge in [-0.05, 0) is 30.7 Å². The number of carbonyl (C=O) groups excluding carboxylic acids is 1. The second kappa shape index (κ2) is 11.3. The molecular formula is C18H19Cl3F3N3O2. The lowest BCUT2D eigenvalue weighted by Gasteiger charge is -2.16. The van der Waals surface area contributed by atoms with E-state index in [0.717, 1.165) is 5.01 Å². The van der Waals surface area contributed by atoms with Crippen LogP contribution >= 0.6 is 35.6 Å². The molecule has 0 bridgehead atoms. The first kappa shape index (κ1) is 25.2. The fourth-order valence-corrected chi connectivity index (χ4v) is 2.89. The van der Waals surface area contributed by atoms with Crippen molar-refractivity contribution in [3.05, 3.63) is 51.8 Å². The fourth-order valence-electron chi connectivity index (χ4n) is 2.34. The Labute approximate surface area is 182 Å². The number of rotatable bonds is 7. The predicted molar refractivity (Wildman–Crippen MR) is 109 cm³/mol. The Morgan fingerprint density at radius 2 is 1.97 bits per heavy atom. The van der Waals surface area contributed by atoms with Gasteiger partial charge in [-0.25, -0.2) is 23.8 Å². The van der Waals surface area contributed by atoms with Crippen molar-refractivity contribution in [2.24, 2.45) is 5.84 Å². The highest BCUT2D eigenvalue weighted by Gasteiger charge is 2.17. The van der Waals surface area contributed by atoms with Gasteiger partial charge in [0.1, 0.15) is 18.2 Å². The molecule has 0 atom stereocenters. The van der Waals surface area contributed by atoms with Crippen molar-refractivity contribution in [2.75, 3.05) is 13.2 Å². The first-order valence-electron chi connectivity index (χ1n) is 8.21. The molecular weight excluding hydrogens is 454 g/mol. The van der Waals surface area contributed by atoms with Gasteiger partial charge in [0, 0.05) is 29.2 Å². The Morgan fingerprint density at radius 3 is 2.55 bits per heavy atom. The van der Waals surface area contributed by atoms with Crippen LogP contribution in [0.3, 0.4) is 0 Å². The largest absolute Gasteiger partial charge is 0.485 e. The number of ether oxygens (including phenoxy) is 1. The maximum Gasteiger partial charge on any atom is 0.331 e. The molecule has 0 saturated carbocycles. The average molecular weight is 473 g/mol. The topological polar surface area (TPSA) is 67.6 Å². The molecule has 160 valence electrons. The minimum atomic E-state index is -2.70. The third kappa shape index (κ3) is 6.85. The van der Waals surface area contributed by atoms with Crippen molar-refractivity contribution in [3.8, 4) is 16.9 Å². The second-order valence-electron chi connectivity index (χ2n) is 5.72. The zero-order valence-electron chi connectivity index (χ0n) is 15.2. The van der Waals surface area contributed by atoms with Gasteiger partial charge in [0.05, 0.1) is 5.02 Å². The molecule has 2 aromatic rings. The highest BCUT2D eigenvalue weighted by molar-refractivity contribution is 6.36. The molecule has 0 aliphatic rings. The van der Waals surface area contributed by atoms with Gasteiger partial charge < -0.3 is 10.1 Å². The SMILES string of the molecule is CCN(N)C(=O)NCc1ccc(-c2cc(Cl)cc(Cl)c2OCC(F)F)cc1F.Cl. The van der Waals surface area contributed by atoms with Gasteiger partial charge >= 0.3 is 6.03 Å². The summed E-state index contributed by atoms with van der Waals surface area (Å²) in [6, 6.07) is 6.41. The van der Waals surface area contributed by atoms with Crippen molar-refractivity contribution < 1.29 is 22.7 Å². The van der Waals surface area contributed by atoms with Crippen molar-refractivity contribution >= 4 is 41.6 Å². The molecule has 29 heavy (non-hydrogen) atoms. The third-order valence-corrected chi connectivity index (χ3v) is 4.26. The van der Waals surface area contributed by atoms with Crippen molar-refractivity contribution in [2.45, 2.75) is 19.9 Å². The van der Waals surface area contributed by atoms with E-state index in [1.165, 1.54) is 24.3 Å². The summed E-state index contributed by atoms with van der Waals surface area (Å²) < 4.78 is 44.6. The van der Waals surface area contributed by atoms with Crippen LogP contribution in [0.4, 0.5) is 18.0 Å². The van der Waals surface area contributed by atoms with Crippen LogP contribution in [-0.2, 0) is 6.54 Å². The van der Waals surface area contributed by atoms with Gasteiger partial charge in [-0.15, -0.1) is 12.4 Å². The van der Waals surface area contributed by atoms with Crippen LogP contribution < -0.4 is 15.9 Å². The minimum Gasteiger partial charge on any atom is -0.485 e. The normalized spacial score (nSPS) is 10.5. The van der Waals surface area contributed by atoms with E-state index in [2.05, 4.69) is 5.32 Å². The predicted octanol–water partition coefficient (Wildman–Crippen LogP) is 5.27. The van der Waals surface area contributed by atoms with E-state index >= 15 is 0 Å². The fraction of sp³-hybridized carbons (Fsp3) is 0.278. The van der Waals surface area contributed by atoms with Crippen LogP contribution in [-0.4, -0.2) is 30.6 Å². The Hall–Kier alpha value is -1.87. The van der Waals surface area contributed by atoms with Crippen LogP contribution in [0.5, 0.6) is 5.75 Å². The van der Waals surface area contributed by atoms with Crippen molar-refractivity contribution in [3.63, 3.8) is 0 Å². The van der Waals surface area contributed by atoms with Crippen LogP contribution in [0.1, 0.15) is 12.5 Å². The smallest absolute Gasteiger partial charge is 0.331 e. The molecule has 0 fully saturated rings. The lowest BCUT2D eigenvalue weighted by Crippen LogP contribution is -2.44. The molecule has 0 heterocycles. The number of halogens is 6. The molecule has 2 amide bonds. The lowest BCUT2D eigenvalue weighted by molar-refractivity contribution is 0.0822.